The summed E-state index contributed by atoms with van der Waals surface area (Å²) in [6, 6.07) is 0. The molecule has 0 aromatic carbocycles. The molecule has 1 aliphatic rings. The van der Waals surface area contributed by atoms with E-state index in [9.17, 15) is 0 Å². The summed E-state index contributed by atoms with van der Waals surface area (Å²) < 4.78 is 1.88. The Bertz CT molecular complexity index is 414. The van der Waals surface area contributed by atoms with Crippen molar-refractivity contribution in [2.45, 2.75) is 51.5 Å². The molecule has 1 aromatic rings. The van der Waals surface area contributed by atoms with Gasteiger partial charge in [-0.3, -0.25) is 9.58 Å². The van der Waals surface area contributed by atoms with Gasteiger partial charge >= 0.3 is 0 Å². The van der Waals surface area contributed by atoms with E-state index in [0.717, 1.165) is 32.0 Å². The summed E-state index contributed by atoms with van der Waals surface area (Å²) in [5.74, 6) is 0.805. The van der Waals surface area contributed by atoms with Crippen LogP contribution < -0.4 is 5.73 Å². The molecule has 0 bridgehead atoms. The van der Waals surface area contributed by atoms with Gasteiger partial charge < -0.3 is 5.73 Å². The summed E-state index contributed by atoms with van der Waals surface area (Å²) in [4.78, 5) is 2.62. The quantitative estimate of drug-likeness (QED) is 0.867. The molecule has 2 unspecified atom stereocenters. The van der Waals surface area contributed by atoms with Crippen molar-refractivity contribution in [2.24, 2.45) is 18.7 Å². The average molecular weight is 278 g/mol. The molecule has 1 aromatic heterocycles. The Labute approximate surface area is 123 Å². The highest BCUT2D eigenvalue weighted by Crippen LogP contribution is 2.36. The highest BCUT2D eigenvalue weighted by atomic mass is 15.2. The third-order valence-corrected chi connectivity index (χ3v) is 4.93. The SMILES string of the molecule is CCN(CCc1cnn(C)c1)C1(CN)CCCC(C)C1. The van der Waals surface area contributed by atoms with Gasteiger partial charge in [-0.15, -0.1) is 0 Å². The molecule has 2 atom stereocenters. The Morgan fingerprint density at radius 3 is 2.90 bits per heavy atom. The van der Waals surface area contributed by atoms with Gasteiger partial charge in [-0.05, 0) is 37.3 Å². The normalized spacial score (nSPS) is 27.1. The van der Waals surface area contributed by atoms with Crippen LogP contribution in [0.2, 0.25) is 0 Å². The third kappa shape index (κ3) is 3.41. The van der Waals surface area contributed by atoms with Crippen molar-refractivity contribution in [3.8, 4) is 0 Å². The zero-order valence-electron chi connectivity index (χ0n) is 13.3. The van der Waals surface area contributed by atoms with Crippen molar-refractivity contribution in [3.63, 3.8) is 0 Å². The summed E-state index contributed by atoms with van der Waals surface area (Å²) in [5.41, 5.74) is 7.74. The summed E-state index contributed by atoms with van der Waals surface area (Å²) in [6.45, 7) is 7.60. The fourth-order valence-electron chi connectivity index (χ4n) is 3.83. The first-order chi connectivity index (χ1) is 9.59. The molecule has 20 heavy (non-hydrogen) atoms. The second kappa shape index (κ2) is 6.72. The van der Waals surface area contributed by atoms with Gasteiger partial charge in [-0.25, -0.2) is 0 Å². The van der Waals surface area contributed by atoms with Gasteiger partial charge in [0.25, 0.3) is 0 Å². The van der Waals surface area contributed by atoms with Crippen LogP contribution in [-0.2, 0) is 13.5 Å². The lowest BCUT2D eigenvalue weighted by atomic mass is 9.75. The topological polar surface area (TPSA) is 47.1 Å². The lowest BCUT2D eigenvalue weighted by Crippen LogP contribution is -2.56. The molecule has 0 radical (unpaired) electrons. The minimum absolute atomic E-state index is 0.231. The van der Waals surface area contributed by atoms with Gasteiger partial charge in [0.1, 0.15) is 0 Å². The number of rotatable bonds is 6. The van der Waals surface area contributed by atoms with Crippen molar-refractivity contribution < 1.29 is 0 Å². The molecular formula is C16H30N4. The Balaban J connectivity index is 2.01. The predicted octanol–water partition coefficient (Wildman–Crippen LogP) is 2.19. The number of aromatic nitrogens is 2. The van der Waals surface area contributed by atoms with Gasteiger partial charge in [0.05, 0.1) is 6.20 Å². The molecule has 1 aliphatic carbocycles. The van der Waals surface area contributed by atoms with Crippen LogP contribution in [0.15, 0.2) is 12.4 Å². The Morgan fingerprint density at radius 1 is 1.55 bits per heavy atom. The first kappa shape index (κ1) is 15.5. The first-order valence-electron chi connectivity index (χ1n) is 8.02. The van der Waals surface area contributed by atoms with E-state index < -0.39 is 0 Å². The number of likely N-dealkylation sites (N-methyl/N-ethyl adjacent to an activating group) is 1. The zero-order valence-corrected chi connectivity index (χ0v) is 13.3. The van der Waals surface area contributed by atoms with E-state index in [4.69, 9.17) is 5.73 Å². The van der Waals surface area contributed by atoms with E-state index in [0.29, 0.717) is 0 Å². The van der Waals surface area contributed by atoms with Crippen LogP contribution in [-0.4, -0.2) is 39.9 Å². The number of hydrogen-bond acceptors (Lipinski definition) is 3. The number of aryl methyl sites for hydroxylation is 1. The molecule has 2 rings (SSSR count). The predicted molar refractivity (Wildman–Crippen MR) is 83.6 cm³/mol. The third-order valence-electron chi connectivity index (χ3n) is 4.93. The lowest BCUT2D eigenvalue weighted by Gasteiger charge is -2.47. The molecule has 114 valence electrons. The minimum Gasteiger partial charge on any atom is -0.329 e. The molecule has 4 heteroatoms. The standard InChI is InChI=1S/C16H30N4/c1-4-20(9-7-15-11-18-19(3)12-15)16(13-17)8-5-6-14(2)10-16/h11-12,14H,4-10,13,17H2,1-3H3. The molecule has 1 fully saturated rings. The highest BCUT2D eigenvalue weighted by molar-refractivity contribution is 5.05. The van der Waals surface area contributed by atoms with Crippen LogP contribution in [0.3, 0.4) is 0 Å². The van der Waals surface area contributed by atoms with Gasteiger partial charge in [0, 0.05) is 31.9 Å². The summed E-state index contributed by atoms with van der Waals surface area (Å²) >= 11 is 0. The van der Waals surface area contributed by atoms with Crippen LogP contribution in [0.4, 0.5) is 0 Å². The van der Waals surface area contributed by atoms with E-state index in [2.05, 4.69) is 30.0 Å². The van der Waals surface area contributed by atoms with Crippen molar-refractivity contribution in [2.75, 3.05) is 19.6 Å². The van der Waals surface area contributed by atoms with Crippen LogP contribution in [0.1, 0.15) is 45.1 Å². The molecule has 1 saturated carbocycles. The van der Waals surface area contributed by atoms with Gasteiger partial charge in [0.15, 0.2) is 0 Å². The summed E-state index contributed by atoms with van der Waals surface area (Å²) in [6.07, 6.45) is 10.4. The van der Waals surface area contributed by atoms with E-state index in [1.165, 1.54) is 31.2 Å². The number of nitrogens with zero attached hydrogens (tertiary/aromatic N) is 3. The minimum atomic E-state index is 0.231. The van der Waals surface area contributed by atoms with E-state index >= 15 is 0 Å². The second-order valence-corrected chi connectivity index (χ2v) is 6.48. The van der Waals surface area contributed by atoms with Crippen molar-refractivity contribution in [3.05, 3.63) is 18.0 Å². The average Bonchev–Trinajstić information content (AvgIpc) is 2.85. The zero-order chi connectivity index (χ0) is 14.6. The van der Waals surface area contributed by atoms with Crippen molar-refractivity contribution >= 4 is 0 Å². The molecule has 1 heterocycles. The Kier molecular flexibility index (Phi) is 5.22. The van der Waals surface area contributed by atoms with Crippen LogP contribution in [0.5, 0.6) is 0 Å². The van der Waals surface area contributed by atoms with E-state index in [-0.39, 0.29) is 5.54 Å². The highest BCUT2D eigenvalue weighted by Gasteiger charge is 2.38. The molecule has 4 nitrogen and oxygen atoms in total. The number of nitrogens with two attached hydrogens (primary N) is 1. The smallest absolute Gasteiger partial charge is 0.0522 e. The molecular weight excluding hydrogens is 248 g/mol. The first-order valence-corrected chi connectivity index (χ1v) is 8.02. The largest absolute Gasteiger partial charge is 0.329 e. The summed E-state index contributed by atoms with van der Waals surface area (Å²) in [7, 11) is 1.98. The summed E-state index contributed by atoms with van der Waals surface area (Å²) in [5, 5.41) is 4.26. The Morgan fingerprint density at radius 2 is 2.35 bits per heavy atom. The monoisotopic (exact) mass is 278 g/mol. The molecule has 0 spiro atoms. The molecule has 0 amide bonds. The van der Waals surface area contributed by atoms with Crippen molar-refractivity contribution in [1.29, 1.82) is 0 Å². The van der Waals surface area contributed by atoms with Gasteiger partial charge in [-0.2, -0.15) is 5.10 Å². The van der Waals surface area contributed by atoms with Gasteiger partial charge in [0.2, 0.25) is 0 Å². The van der Waals surface area contributed by atoms with Crippen LogP contribution in [0, 0.1) is 5.92 Å². The van der Waals surface area contributed by atoms with Crippen LogP contribution in [0.25, 0.3) is 0 Å². The second-order valence-electron chi connectivity index (χ2n) is 6.48. The lowest BCUT2D eigenvalue weighted by molar-refractivity contribution is 0.0442. The maximum atomic E-state index is 6.19. The maximum Gasteiger partial charge on any atom is 0.0522 e. The number of hydrogen-bond donors (Lipinski definition) is 1. The van der Waals surface area contributed by atoms with E-state index in [1.54, 1.807) is 0 Å². The molecule has 0 saturated heterocycles. The fraction of sp³-hybridized carbons (Fsp3) is 0.812. The molecule has 2 N–H and O–H groups in total. The maximum absolute atomic E-state index is 6.19. The van der Waals surface area contributed by atoms with Crippen LogP contribution >= 0.6 is 0 Å². The molecule has 0 aliphatic heterocycles. The van der Waals surface area contributed by atoms with Crippen molar-refractivity contribution in [1.82, 2.24) is 14.7 Å². The Hall–Kier alpha value is -0.870. The van der Waals surface area contributed by atoms with E-state index in [1.807, 2.05) is 17.9 Å². The fourth-order valence-corrected chi connectivity index (χ4v) is 3.83. The van der Waals surface area contributed by atoms with Gasteiger partial charge in [-0.1, -0.05) is 26.7 Å².